The number of benzene rings is 7. The summed E-state index contributed by atoms with van der Waals surface area (Å²) in [6.07, 6.45) is 0. The van der Waals surface area contributed by atoms with Crippen LogP contribution in [0.1, 0.15) is 27.7 Å². The molecular formula is C44H37BO2Si. The Bertz CT molecular complexity index is 2270. The average Bonchev–Trinajstić information content (AvgIpc) is 3.53. The number of fused-ring (bicyclic) bond motifs is 5. The standard InChI is InChI=1S/C44H37BO2Si/c1-43(2)44(3,4)47-45(46-43)34-26-23-30(24-27-34)33-25-28-38-37-19-9-10-20-41(37)48(42(38)29-33,39-21-11-15-31-13-5-7-17-35(31)39)40-22-12-16-32-14-6-8-18-36(32)40/h5-29H,1-4H3. The minimum atomic E-state index is -2.82. The average molecular weight is 637 g/mol. The summed E-state index contributed by atoms with van der Waals surface area (Å²) in [5.41, 5.74) is 5.40. The molecule has 0 saturated carbocycles. The second-order valence-electron chi connectivity index (χ2n) is 14.3. The molecule has 0 N–H and O–H groups in total. The van der Waals surface area contributed by atoms with Crippen LogP contribution in [0.3, 0.4) is 0 Å². The highest BCUT2D eigenvalue weighted by Gasteiger charge is 2.52. The molecule has 0 unspecified atom stereocenters. The lowest BCUT2D eigenvalue weighted by molar-refractivity contribution is 0.00578. The molecule has 1 saturated heterocycles. The summed E-state index contributed by atoms with van der Waals surface area (Å²) < 4.78 is 12.7. The third-order valence-electron chi connectivity index (χ3n) is 11.2. The van der Waals surface area contributed by atoms with E-state index in [2.05, 4.69) is 179 Å². The van der Waals surface area contributed by atoms with Gasteiger partial charge in [0, 0.05) is 0 Å². The molecule has 48 heavy (non-hydrogen) atoms. The summed E-state index contributed by atoms with van der Waals surface area (Å²) in [4.78, 5) is 0. The first-order chi connectivity index (χ1) is 23.3. The van der Waals surface area contributed by atoms with Crippen LogP contribution in [-0.2, 0) is 9.31 Å². The van der Waals surface area contributed by atoms with Gasteiger partial charge in [0.2, 0.25) is 0 Å². The van der Waals surface area contributed by atoms with E-state index in [1.807, 2.05) is 0 Å². The van der Waals surface area contributed by atoms with Crippen molar-refractivity contribution in [1.82, 2.24) is 0 Å². The van der Waals surface area contributed by atoms with E-state index in [1.54, 1.807) is 0 Å². The zero-order chi connectivity index (χ0) is 32.7. The maximum atomic E-state index is 6.37. The van der Waals surface area contributed by atoms with Gasteiger partial charge < -0.3 is 9.31 Å². The van der Waals surface area contributed by atoms with Gasteiger partial charge in [0.1, 0.15) is 0 Å². The summed E-state index contributed by atoms with van der Waals surface area (Å²) >= 11 is 0. The van der Waals surface area contributed by atoms with Gasteiger partial charge >= 0.3 is 7.12 Å². The van der Waals surface area contributed by atoms with Gasteiger partial charge in [0.15, 0.2) is 8.07 Å². The highest BCUT2D eigenvalue weighted by Crippen LogP contribution is 2.37. The van der Waals surface area contributed by atoms with Gasteiger partial charge in [0.05, 0.1) is 11.2 Å². The van der Waals surface area contributed by atoms with Gasteiger partial charge in [-0.25, -0.2) is 0 Å². The van der Waals surface area contributed by atoms with E-state index in [-0.39, 0.29) is 18.3 Å². The molecule has 0 atom stereocenters. The van der Waals surface area contributed by atoms with E-state index in [4.69, 9.17) is 9.31 Å². The SMILES string of the molecule is CC1(C)OB(c2ccc(-c3ccc4c(c3)[Si](c3cccc5ccccc35)(c3cccc5ccccc35)c3ccccc3-4)cc2)OC1(C)C. The Balaban J connectivity index is 1.29. The molecule has 0 spiro atoms. The zero-order valence-electron chi connectivity index (χ0n) is 27.8. The Morgan fingerprint density at radius 1 is 0.438 bits per heavy atom. The third kappa shape index (κ3) is 4.20. The van der Waals surface area contributed by atoms with Crippen LogP contribution in [0.2, 0.25) is 0 Å². The zero-order valence-corrected chi connectivity index (χ0v) is 28.8. The van der Waals surface area contributed by atoms with Crippen LogP contribution >= 0.6 is 0 Å². The van der Waals surface area contributed by atoms with Crippen molar-refractivity contribution in [3.63, 3.8) is 0 Å². The van der Waals surface area contributed by atoms with E-state index in [0.717, 1.165) is 5.46 Å². The molecule has 0 amide bonds. The normalized spacial score (nSPS) is 17.0. The first-order valence-corrected chi connectivity index (χ1v) is 18.9. The Kier molecular flexibility index (Phi) is 6.51. The maximum Gasteiger partial charge on any atom is 0.494 e. The van der Waals surface area contributed by atoms with Crippen molar-refractivity contribution in [2.45, 2.75) is 38.9 Å². The Labute approximate surface area is 284 Å². The lowest BCUT2D eigenvalue weighted by atomic mass is 9.78. The molecule has 0 radical (unpaired) electrons. The number of hydrogen-bond donors (Lipinski definition) is 0. The summed E-state index contributed by atoms with van der Waals surface area (Å²) in [6.45, 7) is 8.41. The van der Waals surface area contributed by atoms with Gasteiger partial charge in [0.25, 0.3) is 0 Å². The minimum absolute atomic E-state index is 0.373. The second-order valence-corrected chi connectivity index (χ2v) is 18.0. The van der Waals surface area contributed by atoms with Crippen molar-refractivity contribution < 1.29 is 9.31 Å². The van der Waals surface area contributed by atoms with E-state index < -0.39 is 8.07 Å². The molecule has 7 aromatic rings. The van der Waals surface area contributed by atoms with Gasteiger partial charge in [-0.1, -0.05) is 152 Å². The first kappa shape index (κ1) is 29.4. The largest absolute Gasteiger partial charge is 0.494 e. The molecule has 4 heteroatoms. The summed E-state index contributed by atoms with van der Waals surface area (Å²) in [6, 6.07) is 56.8. The van der Waals surface area contributed by atoms with Crippen LogP contribution in [-0.4, -0.2) is 26.4 Å². The Hall–Kier alpha value is -4.74. The summed E-state index contributed by atoms with van der Waals surface area (Å²) in [7, 11) is -3.20. The molecule has 0 aliphatic carbocycles. The summed E-state index contributed by atoms with van der Waals surface area (Å²) in [5, 5.41) is 11.0. The van der Waals surface area contributed by atoms with Crippen LogP contribution in [0, 0.1) is 0 Å². The van der Waals surface area contributed by atoms with Crippen LogP contribution in [0.4, 0.5) is 0 Å². The fourth-order valence-electron chi connectivity index (χ4n) is 8.10. The molecule has 2 aliphatic heterocycles. The monoisotopic (exact) mass is 636 g/mol. The molecular weight excluding hydrogens is 599 g/mol. The van der Waals surface area contributed by atoms with Gasteiger partial charge in [-0.3, -0.25) is 0 Å². The summed E-state index contributed by atoms with van der Waals surface area (Å²) in [5.74, 6) is 0. The van der Waals surface area contributed by atoms with Crippen molar-refractivity contribution in [3.05, 3.63) is 152 Å². The molecule has 2 nitrogen and oxygen atoms in total. The van der Waals surface area contributed by atoms with Crippen molar-refractivity contribution in [3.8, 4) is 22.3 Å². The Morgan fingerprint density at radius 2 is 0.917 bits per heavy atom. The molecule has 1 fully saturated rings. The van der Waals surface area contributed by atoms with Gasteiger partial charge in [-0.2, -0.15) is 0 Å². The van der Waals surface area contributed by atoms with Crippen molar-refractivity contribution in [2.75, 3.05) is 0 Å². The van der Waals surface area contributed by atoms with Crippen molar-refractivity contribution in [1.29, 1.82) is 0 Å². The highest BCUT2D eigenvalue weighted by molar-refractivity contribution is 7.23. The van der Waals surface area contributed by atoms with E-state index in [0.29, 0.717) is 0 Å². The lowest BCUT2D eigenvalue weighted by Crippen LogP contribution is -2.73. The fraction of sp³-hybridized carbons (Fsp3) is 0.136. The van der Waals surface area contributed by atoms with Crippen LogP contribution < -0.4 is 26.2 Å². The van der Waals surface area contributed by atoms with E-state index >= 15 is 0 Å². The lowest BCUT2D eigenvalue weighted by Gasteiger charge is -2.33. The van der Waals surface area contributed by atoms with Crippen molar-refractivity contribution >= 4 is 62.9 Å². The highest BCUT2D eigenvalue weighted by atomic mass is 28.3. The van der Waals surface area contributed by atoms with Gasteiger partial charge in [-0.15, -0.1) is 0 Å². The number of hydrogen-bond acceptors (Lipinski definition) is 2. The fourth-order valence-corrected chi connectivity index (χ4v) is 13.8. The maximum absolute atomic E-state index is 6.37. The smallest absolute Gasteiger partial charge is 0.399 e. The predicted molar refractivity (Wildman–Crippen MR) is 205 cm³/mol. The third-order valence-corrected chi connectivity index (χ3v) is 16.2. The number of rotatable bonds is 4. The quantitative estimate of drug-likeness (QED) is 0.189. The Morgan fingerprint density at radius 3 is 1.54 bits per heavy atom. The van der Waals surface area contributed by atoms with Crippen LogP contribution in [0.5, 0.6) is 0 Å². The van der Waals surface area contributed by atoms with Crippen LogP contribution in [0.15, 0.2) is 152 Å². The minimum Gasteiger partial charge on any atom is -0.399 e. The molecule has 9 rings (SSSR count). The van der Waals surface area contributed by atoms with Crippen molar-refractivity contribution in [2.24, 2.45) is 0 Å². The molecule has 2 heterocycles. The van der Waals surface area contributed by atoms with E-state index in [9.17, 15) is 0 Å². The first-order valence-electron chi connectivity index (χ1n) is 16.9. The topological polar surface area (TPSA) is 18.5 Å². The van der Waals surface area contributed by atoms with Crippen LogP contribution in [0.25, 0.3) is 43.8 Å². The molecule has 0 bridgehead atoms. The molecule has 2 aliphatic rings. The molecule has 232 valence electrons. The van der Waals surface area contributed by atoms with Gasteiger partial charge in [-0.05, 0) is 97.7 Å². The molecule has 0 aromatic heterocycles. The molecule has 7 aromatic carbocycles. The van der Waals surface area contributed by atoms with E-state index in [1.165, 1.54) is 64.5 Å². The predicted octanol–water partition coefficient (Wildman–Crippen LogP) is 7.32. The second kappa shape index (κ2) is 10.6.